The number of carbonyl (C=O) groups is 2. The monoisotopic (exact) mass is 475 g/mol. The lowest BCUT2D eigenvalue weighted by Gasteiger charge is -2.35. The number of hydrogen-bond acceptors (Lipinski definition) is 4. The van der Waals surface area contributed by atoms with Crippen LogP contribution in [0.4, 0.5) is 18.9 Å². The highest BCUT2D eigenvalue weighted by Crippen LogP contribution is 2.34. The van der Waals surface area contributed by atoms with E-state index in [1.165, 1.54) is 0 Å². The molecule has 1 fully saturated rings. The van der Waals surface area contributed by atoms with Crippen LogP contribution in [0.25, 0.3) is 6.08 Å². The average Bonchev–Trinajstić information content (AvgIpc) is 3.02. The van der Waals surface area contributed by atoms with Gasteiger partial charge in [0.15, 0.2) is 0 Å². The molecule has 2 heterocycles. The van der Waals surface area contributed by atoms with Gasteiger partial charge >= 0.3 is 6.18 Å². The predicted octanol–water partition coefficient (Wildman–Crippen LogP) is 4.36. The Morgan fingerprint density at radius 2 is 1.52 bits per heavy atom. The second kappa shape index (κ2) is 9.41. The third-order valence-electron chi connectivity index (χ3n) is 5.62. The van der Waals surface area contributed by atoms with Crippen LogP contribution < -0.4 is 4.90 Å². The minimum Gasteiger partial charge on any atom is -0.363 e. The Morgan fingerprint density at radius 1 is 0.879 bits per heavy atom. The molecule has 0 unspecified atom stereocenters. The lowest BCUT2D eigenvalue weighted by atomic mass is 10.2. The Bertz CT molecular complexity index is 1090. The average molecular weight is 476 g/mol. The van der Waals surface area contributed by atoms with Gasteiger partial charge in [-0.25, -0.2) is 4.90 Å². The third-order valence-corrected chi connectivity index (χ3v) is 5.96. The summed E-state index contributed by atoms with van der Waals surface area (Å²) in [6, 6.07) is 13.8. The molecule has 2 aromatic carbocycles. The van der Waals surface area contributed by atoms with Gasteiger partial charge in [0.25, 0.3) is 11.8 Å². The SMILES string of the molecule is O=C1C(Cl)=C(N2CCN(C/C=C/c3ccccc3)CC2)C(=O)N1c1ccc(C(F)(F)F)cc1. The molecule has 0 atom stereocenters. The van der Waals surface area contributed by atoms with Gasteiger partial charge in [-0.1, -0.05) is 54.1 Å². The molecule has 2 aliphatic rings. The molecule has 0 spiro atoms. The van der Waals surface area contributed by atoms with Crippen LogP contribution >= 0.6 is 11.6 Å². The summed E-state index contributed by atoms with van der Waals surface area (Å²) in [6.07, 6.45) is -0.380. The van der Waals surface area contributed by atoms with Crippen LogP contribution in [0.5, 0.6) is 0 Å². The van der Waals surface area contributed by atoms with E-state index in [1.807, 2.05) is 36.4 Å². The van der Waals surface area contributed by atoms with Gasteiger partial charge in [0.05, 0.1) is 11.3 Å². The van der Waals surface area contributed by atoms with Crippen molar-refractivity contribution in [3.63, 3.8) is 0 Å². The van der Waals surface area contributed by atoms with Crippen LogP contribution in [0.3, 0.4) is 0 Å². The number of alkyl halides is 3. The second-order valence-electron chi connectivity index (χ2n) is 7.75. The summed E-state index contributed by atoms with van der Waals surface area (Å²) in [5, 5.41) is -0.211. The zero-order chi connectivity index (χ0) is 23.6. The number of imide groups is 1. The fraction of sp³-hybridized carbons (Fsp3) is 0.250. The molecule has 5 nitrogen and oxygen atoms in total. The summed E-state index contributed by atoms with van der Waals surface area (Å²) >= 11 is 6.21. The van der Waals surface area contributed by atoms with E-state index in [0.717, 1.165) is 41.3 Å². The van der Waals surface area contributed by atoms with Gasteiger partial charge in [-0.05, 0) is 29.8 Å². The fourth-order valence-electron chi connectivity index (χ4n) is 3.86. The highest BCUT2D eigenvalue weighted by molar-refractivity contribution is 6.52. The molecule has 2 amide bonds. The first-order valence-electron chi connectivity index (χ1n) is 10.4. The number of nitrogens with zero attached hydrogens (tertiary/aromatic N) is 3. The molecule has 1 saturated heterocycles. The van der Waals surface area contributed by atoms with E-state index in [4.69, 9.17) is 11.6 Å². The molecule has 0 aromatic heterocycles. The fourth-order valence-corrected chi connectivity index (χ4v) is 4.14. The topological polar surface area (TPSA) is 43.9 Å². The van der Waals surface area contributed by atoms with E-state index < -0.39 is 23.6 Å². The summed E-state index contributed by atoms with van der Waals surface area (Å²) in [7, 11) is 0. The number of amides is 2. The lowest BCUT2D eigenvalue weighted by Crippen LogP contribution is -2.47. The quantitative estimate of drug-likeness (QED) is 0.603. The van der Waals surface area contributed by atoms with E-state index in [1.54, 1.807) is 4.90 Å². The van der Waals surface area contributed by atoms with E-state index in [9.17, 15) is 22.8 Å². The van der Waals surface area contributed by atoms with Crippen molar-refractivity contribution in [1.29, 1.82) is 0 Å². The van der Waals surface area contributed by atoms with Gasteiger partial charge < -0.3 is 4.90 Å². The highest BCUT2D eigenvalue weighted by Gasteiger charge is 2.42. The van der Waals surface area contributed by atoms with Crippen LogP contribution in [-0.2, 0) is 15.8 Å². The van der Waals surface area contributed by atoms with E-state index >= 15 is 0 Å². The molecular formula is C24H21ClF3N3O2. The number of anilines is 1. The number of halogens is 4. The van der Waals surface area contributed by atoms with Crippen LogP contribution in [0.1, 0.15) is 11.1 Å². The summed E-state index contributed by atoms with van der Waals surface area (Å²) in [5.74, 6) is -1.35. The van der Waals surface area contributed by atoms with Crippen LogP contribution in [0.15, 0.2) is 71.4 Å². The molecular weight excluding hydrogens is 455 g/mol. The van der Waals surface area contributed by atoms with Crippen LogP contribution in [-0.4, -0.2) is 54.3 Å². The summed E-state index contributed by atoms with van der Waals surface area (Å²) in [6.45, 7) is 3.11. The second-order valence-corrected chi connectivity index (χ2v) is 8.13. The molecule has 0 bridgehead atoms. The Kier molecular flexibility index (Phi) is 6.58. The Labute approximate surface area is 194 Å². The lowest BCUT2D eigenvalue weighted by molar-refractivity contribution is -0.137. The van der Waals surface area contributed by atoms with Gasteiger partial charge in [0, 0.05) is 32.7 Å². The van der Waals surface area contributed by atoms with Crippen molar-refractivity contribution in [2.75, 3.05) is 37.6 Å². The maximum atomic E-state index is 13.0. The minimum absolute atomic E-state index is 0.0517. The minimum atomic E-state index is -4.51. The zero-order valence-electron chi connectivity index (χ0n) is 17.6. The van der Waals surface area contributed by atoms with Crippen molar-refractivity contribution in [2.45, 2.75) is 6.18 Å². The highest BCUT2D eigenvalue weighted by atomic mass is 35.5. The Morgan fingerprint density at radius 3 is 2.12 bits per heavy atom. The summed E-state index contributed by atoms with van der Waals surface area (Å²) in [5.41, 5.74) is 0.408. The standard InChI is InChI=1S/C24H21ClF3N3O2/c25-20-21(23(33)31(22(20)32)19-10-8-18(9-11-19)24(26,27)28)30-15-13-29(14-16-30)12-4-7-17-5-2-1-3-6-17/h1-11H,12-16H2/b7-4+. The Hall–Kier alpha value is -3.10. The van der Waals surface area contributed by atoms with Gasteiger partial charge in [-0.3, -0.25) is 14.5 Å². The van der Waals surface area contributed by atoms with Crippen molar-refractivity contribution in [3.05, 3.63) is 82.5 Å². The first-order chi connectivity index (χ1) is 15.8. The molecule has 33 heavy (non-hydrogen) atoms. The van der Waals surface area contributed by atoms with Crippen molar-refractivity contribution in [1.82, 2.24) is 9.80 Å². The predicted molar refractivity (Wildman–Crippen MR) is 120 cm³/mol. The summed E-state index contributed by atoms with van der Waals surface area (Å²) < 4.78 is 38.5. The number of piperazine rings is 1. The van der Waals surface area contributed by atoms with Crippen LogP contribution in [0, 0.1) is 0 Å². The third kappa shape index (κ3) is 4.96. The maximum absolute atomic E-state index is 13.0. The maximum Gasteiger partial charge on any atom is 0.416 e. The van der Waals surface area contributed by atoms with Gasteiger partial charge in [0.1, 0.15) is 10.7 Å². The molecule has 0 aliphatic carbocycles. The van der Waals surface area contributed by atoms with Crippen molar-refractivity contribution >= 4 is 35.2 Å². The first-order valence-corrected chi connectivity index (χ1v) is 10.8. The van der Waals surface area contributed by atoms with E-state index in [-0.39, 0.29) is 16.4 Å². The molecule has 2 aromatic rings. The Balaban J connectivity index is 1.39. The number of rotatable bonds is 5. The van der Waals surface area contributed by atoms with Gasteiger partial charge in [-0.15, -0.1) is 0 Å². The number of hydrogen-bond donors (Lipinski definition) is 0. The normalized spacial score (nSPS) is 18.2. The largest absolute Gasteiger partial charge is 0.416 e. The molecule has 172 valence electrons. The molecule has 2 aliphatic heterocycles. The molecule has 4 rings (SSSR count). The van der Waals surface area contributed by atoms with E-state index in [0.29, 0.717) is 26.2 Å². The smallest absolute Gasteiger partial charge is 0.363 e. The van der Waals surface area contributed by atoms with E-state index in [2.05, 4.69) is 11.0 Å². The zero-order valence-corrected chi connectivity index (χ0v) is 18.3. The van der Waals surface area contributed by atoms with Crippen LogP contribution in [0.2, 0.25) is 0 Å². The molecule has 0 saturated carbocycles. The molecule has 9 heteroatoms. The number of carbonyl (C=O) groups excluding carboxylic acids is 2. The van der Waals surface area contributed by atoms with Gasteiger partial charge in [-0.2, -0.15) is 13.2 Å². The summed E-state index contributed by atoms with van der Waals surface area (Å²) in [4.78, 5) is 30.4. The van der Waals surface area contributed by atoms with Crippen molar-refractivity contribution in [3.8, 4) is 0 Å². The van der Waals surface area contributed by atoms with Crippen molar-refractivity contribution in [2.24, 2.45) is 0 Å². The number of benzene rings is 2. The molecule has 0 radical (unpaired) electrons. The first kappa shape index (κ1) is 23.1. The van der Waals surface area contributed by atoms with Gasteiger partial charge in [0.2, 0.25) is 0 Å². The molecule has 0 N–H and O–H groups in total. The van der Waals surface area contributed by atoms with Crippen molar-refractivity contribution < 1.29 is 22.8 Å².